The van der Waals surface area contributed by atoms with Gasteiger partial charge in [-0.3, -0.25) is 4.79 Å². The van der Waals surface area contributed by atoms with E-state index < -0.39 is 16.1 Å². The van der Waals surface area contributed by atoms with Crippen LogP contribution >= 0.6 is 0 Å². The number of sulfonamides is 1. The number of hydrogen-bond donors (Lipinski definition) is 0. The highest BCUT2D eigenvalue weighted by molar-refractivity contribution is 7.89. The summed E-state index contributed by atoms with van der Waals surface area (Å²) < 4.78 is 32.7. The molecule has 2 aliphatic rings. The van der Waals surface area contributed by atoms with E-state index in [1.165, 1.54) is 16.4 Å². The van der Waals surface area contributed by atoms with Crippen molar-refractivity contribution in [3.63, 3.8) is 0 Å². The van der Waals surface area contributed by atoms with Crippen LogP contribution in [-0.2, 0) is 26.0 Å². The van der Waals surface area contributed by atoms with Gasteiger partial charge in [0, 0.05) is 24.8 Å². The van der Waals surface area contributed by atoms with E-state index in [0.29, 0.717) is 37.3 Å². The van der Waals surface area contributed by atoms with E-state index in [2.05, 4.69) is 10.3 Å². The molecule has 11 heteroatoms. The maximum absolute atomic E-state index is 13.2. The number of nitrogens with zero attached hydrogens (tertiary/aromatic N) is 5. The normalized spacial score (nSPS) is 20.1. The van der Waals surface area contributed by atoms with Crippen LogP contribution in [0, 0.1) is 0 Å². The monoisotopic (exact) mass is 471 g/mol. The summed E-state index contributed by atoms with van der Waals surface area (Å²) in [5, 5.41) is 8.04. The van der Waals surface area contributed by atoms with Crippen molar-refractivity contribution >= 4 is 32.7 Å². The van der Waals surface area contributed by atoms with Crippen LogP contribution in [0.5, 0.6) is 0 Å². The lowest BCUT2D eigenvalue weighted by molar-refractivity contribution is -0.130. The molecule has 0 spiro atoms. The van der Waals surface area contributed by atoms with Gasteiger partial charge < -0.3 is 14.5 Å². The topological polar surface area (TPSA) is 107 Å². The van der Waals surface area contributed by atoms with Gasteiger partial charge in [0.1, 0.15) is 11.0 Å². The Morgan fingerprint density at radius 1 is 1.18 bits per heavy atom. The second kappa shape index (κ2) is 8.40. The molecule has 3 heterocycles. The fraction of sp³-hybridized carbons (Fsp3) is 0.409. The second-order valence-corrected chi connectivity index (χ2v) is 10.2. The van der Waals surface area contributed by atoms with Gasteiger partial charge in [-0.25, -0.2) is 8.42 Å². The van der Waals surface area contributed by atoms with Crippen molar-refractivity contribution in [2.75, 3.05) is 31.2 Å². The number of benzene rings is 2. The highest BCUT2D eigenvalue weighted by Gasteiger charge is 2.34. The molecule has 0 N–H and O–H groups in total. The van der Waals surface area contributed by atoms with E-state index in [0.717, 1.165) is 22.5 Å². The molecule has 174 valence electrons. The summed E-state index contributed by atoms with van der Waals surface area (Å²) in [7, 11) is -3.69. The molecule has 1 fully saturated rings. The van der Waals surface area contributed by atoms with Gasteiger partial charge in [-0.1, -0.05) is 23.0 Å². The van der Waals surface area contributed by atoms with Crippen LogP contribution in [0.4, 0.5) is 5.69 Å². The van der Waals surface area contributed by atoms with Gasteiger partial charge in [0.05, 0.1) is 18.1 Å². The smallest absolute Gasteiger partial charge is 0.270 e. The van der Waals surface area contributed by atoms with Crippen LogP contribution in [0.3, 0.4) is 0 Å². The SMILES string of the molecule is CC(On1nnc2ccc(S(=O)(=O)N3CCOCC3)cc21)C(=O)N1c2ccccc2CC1C. The number of morpholine rings is 1. The summed E-state index contributed by atoms with van der Waals surface area (Å²) in [6.07, 6.45) is -0.0769. The fourth-order valence-electron chi connectivity index (χ4n) is 4.34. The Bertz CT molecular complexity index is 1300. The Morgan fingerprint density at radius 3 is 2.73 bits per heavy atom. The molecule has 2 unspecified atom stereocenters. The summed E-state index contributed by atoms with van der Waals surface area (Å²) in [5.74, 6) is -0.201. The van der Waals surface area contributed by atoms with E-state index in [1.807, 2.05) is 31.2 Å². The molecular formula is C22H25N5O5S. The highest BCUT2D eigenvalue weighted by atomic mass is 32.2. The zero-order valence-electron chi connectivity index (χ0n) is 18.4. The first-order valence-corrected chi connectivity index (χ1v) is 12.3. The number of carbonyl (C=O) groups is 1. The van der Waals surface area contributed by atoms with Crippen molar-refractivity contribution in [1.29, 1.82) is 0 Å². The third-order valence-corrected chi connectivity index (χ3v) is 7.94. The van der Waals surface area contributed by atoms with Crippen LogP contribution in [0.15, 0.2) is 47.4 Å². The number of rotatable bonds is 5. The zero-order valence-corrected chi connectivity index (χ0v) is 19.2. The molecule has 3 aromatic rings. The molecule has 1 saturated heterocycles. The van der Waals surface area contributed by atoms with E-state index in [-0.39, 0.29) is 16.8 Å². The summed E-state index contributed by atoms with van der Waals surface area (Å²) >= 11 is 0. The summed E-state index contributed by atoms with van der Waals surface area (Å²) in [6.45, 7) is 4.98. The van der Waals surface area contributed by atoms with Gasteiger partial charge in [-0.15, -0.1) is 5.10 Å². The number of para-hydroxylation sites is 1. The van der Waals surface area contributed by atoms with Gasteiger partial charge in [0.2, 0.25) is 16.1 Å². The molecule has 1 aromatic heterocycles. The lowest BCUT2D eigenvalue weighted by Crippen LogP contribution is -2.45. The summed E-state index contributed by atoms with van der Waals surface area (Å²) in [6, 6.07) is 12.4. The first kappa shape index (κ1) is 21.8. The number of anilines is 1. The Morgan fingerprint density at radius 2 is 1.94 bits per heavy atom. The van der Waals surface area contributed by atoms with Gasteiger partial charge in [0.25, 0.3) is 5.91 Å². The van der Waals surface area contributed by atoms with E-state index >= 15 is 0 Å². The second-order valence-electron chi connectivity index (χ2n) is 8.27. The van der Waals surface area contributed by atoms with E-state index in [1.54, 1.807) is 17.9 Å². The zero-order chi connectivity index (χ0) is 23.2. The minimum atomic E-state index is -3.69. The molecule has 2 atom stereocenters. The molecule has 33 heavy (non-hydrogen) atoms. The number of carbonyl (C=O) groups excluding carboxylic acids is 1. The fourth-order valence-corrected chi connectivity index (χ4v) is 5.77. The highest BCUT2D eigenvalue weighted by Crippen LogP contribution is 2.32. The van der Waals surface area contributed by atoms with Crippen molar-refractivity contribution in [1.82, 2.24) is 19.5 Å². The Hall–Kier alpha value is -3.02. The van der Waals surface area contributed by atoms with E-state index in [4.69, 9.17) is 9.57 Å². The molecule has 0 radical (unpaired) electrons. The predicted octanol–water partition coefficient (Wildman–Crippen LogP) is 1.25. The van der Waals surface area contributed by atoms with Gasteiger partial charge in [-0.05, 0) is 55.3 Å². The minimum absolute atomic E-state index is 0.0127. The van der Waals surface area contributed by atoms with Crippen LogP contribution in [0.25, 0.3) is 11.0 Å². The molecule has 10 nitrogen and oxygen atoms in total. The van der Waals surface area contributed by atoms with Crippen LogP contribution in [0.1, 0.15) is 19.4 Å². The number of ether oxygens (including phenoxy) is 1. The molecular weight excluding hydrogens is 446 g/mol. The van der Waals surface area contributed by atoms with Crippen molar-refractivity contribution in [2.45, 2.75) is 37.3 Å². The average molecular weight is 472 g/mol. The molecule has 0 bridgehead atoms. The first-order valence-electron chi connectivity index (χ1n) is 10.9. The molecule has 1 amide bonds. The summed E-state index contributed by atoms with van der Waals surface area (Å²) in [5.41, 5.74) is 2.84. The lowest BCUT2D eigenvalue weighted by Gasteiger charge is -2.26. The molecule has 2 aromatic carbocycles. The van der Waals surface area contributed by atoms with Crippen LogP contribution in [0.2, 0.25) is 0 Å². The largest absolute Gasteiger partial charge is 0.382 e. The van der Waals surface area contributed by atoms with Crippen LogP contribution < -0.4 is 9.74 Å². The predicted molar refractivity (Wildman–Crippen MR) is 120 cm³/mol. The maximum atomic E-state index is 13.2. The minimum Gasteiger partial charge on any atom is -0.382 e. The van der Waals surface area contributed by atoms with E-state index in [9.17, 15) is 13.2 Å². The Kier molecular flexibility index (Phi) is 5.55. The van der Waals surface area contributed by atoms with Crippen molar-refractivity contribution < 1.29 is 22.8 Å². The van der Waals surface area contributed by atoms with Crippen molar-refractivity contribution in [3.05, 3.63) is 48.0 Å². The quantitative estimate of drug-likeness (QED) is 0.551. The maximum Gasteiger partial charge on any atom is 0.270 e. The number of hydrogen-bond acceptors (Lipinski definition) is 7. The number of aromatic nitrogens is 3. The summed E-state index contributed by atoms with van der Waals surface area (Å²) in [4.78, 5) is 22.1. The molecule has 0 aliphatic carbocycles. The average Bonchev–Trinajstić information content (AvgIpc) is 3.38. The Balaban J connectivity index is 1.40. The van der Waals surface area contributed by atoms with Crippen molar-refractivity contribution in [2.24, 2.45) is 0 Å². The Labute approximate surface area is 191 Å². The first-order chi connectivity index (χ1) is 15.9. The van der Waals surface area contributed by atoms with Gasteiger partial charge in [0.15, 0.2) is 0 Å². The van der Waals surface area contributed by atoms with Gasteiger partial charge in [-0.2, -0.15) is 4.31 Å². The van der Waals surface area contributed by atoms with Crippen LogP contribution in [-0.4, -0.2) is 72.2 Å². The molecule has 0 saturated carbocycles. The number of fused-ring (bicyclic) bond motifs is 2. The molecule has 2 aliphatic heterocycles. The van der Waals surface area contributed by atoms with Crippen molar-refractivity contribution in [3.8, 4) is 0 Å². The van der Waals surface area contributed by atoms with Gasteiger partial charge >= 0.3 is 0 Å². The third kappa shape index (κ3) is 3.85. The molecule has 5 rings (SSSR count). The number of amides is 1. The standard InChI is InChI=1S/C22H25N5O5S/c1-15-13-17-5-3-4-6-20(17)26(15)22(28)16(2)32-27-21-14-18(7-8-19(21)23-24-27)33(29,30)25-9-11-31-12-10-25/h3-8,14-16H,9-13H2,1-2H3. The lowest BCUT2D eigenvalue weighted by atomic mass is 10.1. The third-order valence-electron chi connectivity index (χ3n) is 6.04.